The molecule has 0 heterocycles. The minimum absolute atomic E-state index is 0.0722. The van der Waals surface area contributed by atoms with Gasteiger partial charge < -0.3 is 15.4 Å². The van der Waals surface area contributed by atoms with Crippen LogP contribution in [0.1, 0.15) is 10.4 Å². The molecule has 0 aliphatic rings. The molecule has 0 spiro atoms. The Balaban J connectivity index is 2.71. The predicted molar refractivity (Wildman–Crippen MR) is 76.6 cm³/mol. The van der Waals surface area contributed by atoms with Crippen LogP contribution in [0.25, 0.3) is 0 Å². The number of hydrogen-bond donors (Lipinski definition) is 2. The smallest absolute Gasteiger partial charge is 0.251 e. The molecule has 0 atom stereocenters. The second-order valence-electron chi connectivity index (χ2n) is 4.20. The highest BCUT2D eigenvalue weighted by Gasteiger charge is 2.14. The van der Waals surface area contributed by atoms with Gasteiger partial charge in [-0.05, 0) is 31.3 Å². The van der Waals surface area contributed by atoms with Crippen LogP contribution >= 0.6 is 0 Å². The van der Waals surface area contributed by atoms with Crippen molar-refractivity contribution in [3.63, 3.8) is 0 Å². The quantitative estimate of drug-likeness (QED) is 0.663. The van der Waals surface area contributed by atoms with Gasteiger partial charge in [-0.15, -0.1) is 0 Å². The van der Waals surface area contributed by atoms with Gasteiger partial charge in [-0.2, -0.15) is 0 Å². The van der Waals surface area contributed by atoms with Gasteiger partial charge in [0, 0.05) is 25.8 Å². The molecule has 0 aliphatic carbocycles. The molecule has 0 saturated carbocycles. The molecular formula is C13H20N2O4S. The highest BCUT2D eigenvalue weighted by atomic mass is 32.2. The molecule has 1 rings (SSSR count). The van der Waals surface area contributed by atoms with Crippen molar-refractivity contribution in [1.29, 1.82) is 0 Å². The van der Waals surface area contributed by atoms with Crippen LogP contribution in [0.3, 0.4) is 0 Å². The van der Waals surface area contributed by atoms with Gasteiger partial charge in [-0.1, -0.05) is 0 Å². The number of ether oxygens (including phenoxy) is 1. The van der Waals surface area contributed by atoms with E-state index >= 15 is 0 Å². The highest BCUT2D eigenvalue weighted by Crippen LogP contribution is 2.12. The van der Waals surface area contributed by atoms with Crippen LogP contribution in [0.4, 0.5) is 0 Å². The van der Waals surface area contributed by atoms with Crippen molar-refractivity contribution < 1.29 is 17.9 Å². The maximum absolute atomic E-state index is 11.9. The Labute approximate surface area is 119 Å². The molecular weight excluding hydrogens is 280 g/mol. The molecule has 0 saturated heterocycles. The summed E-state index contributed by atoms with van der Waals surface area (Å²) in [4.78, 5) is 11.9. The number of nitrogens with one attached hydrogen (secondary N) is 2. The second kappa shape index (κ2) is 7.98. The first kappa shape index (κ1) is 16.6. The van der Waals surface area contributed by atoms with E-state index in [0.29, 0.717) is 18.7 Å². The lowest BCUT2D eigenvalue weighted by atomic mass is 10.2. The van der Waals surface area contributed by atoms with Gasteiger partial charge in [0.05, 0.1) is 17.3 Å². The molecule has 0 bridgehead atoms. The van der Waals surface area contributed by atoms with Crippen molar-refractivity contribution in [3.8, 4) is 0 Å². The van der Waals surface area contributed by atoms with Gasteiger partial charge in [0.1, 0.15) is 0 Å². The van der Waals surface area contributed by atoms with Crippen molar-refractivity contribution in [3.05, 3.63) is 29.8 Å². The van der Waals surface area contributed by atoms with E-state index in [9.17, 15) is 13.2 Å². The Kier molecular flexibility index (Phi) is 6.63. The van der Waals surface area contributed by atoms with Crippen molar-refractivity contribution in [2.24, 2.45) is 0 Å². The van der Waals surface area contributed by atoms with Gasteiger partial charge >= 0.3 is 0 Å². The summed E-state index contributed by atoms with van der Waals surface area (Å²) in [5, 5.41) is 5.64. The van der Waals surface area contributed by atoms with E-state index in [1.807, 2.05) is 0 Å². The Morgan fingerprint density at radius 1 is 1.20 bits per heavy atom. The van der Waals surface area contributed by atoms with Crippen LogP contribution in [0.5, 0.6) is 0 Å². The van der Waals surface area contributed by atoms with Crippen LogP contribution in [-0.2, 0) is 14.6 Å². The van der Waals surface area contributed by atoms with Crippen molar-refractivity contribution in [2.75, 3.05) is 39.6 Å². The van der Waals surface area contributed by atoms with E-state index in [4.69, 9.17) is 4.74 Å². The van der Waals surface area contributed by atoms with Crippen LogP contribution in [0, 0.1) is 0 Å². The average molecular weight is 300 g/mol. The third kappa shape index (κ3) is 4.92. The molecule has 2 N–H and O–H groups in total. The van der Waals surface area contributed by atoms with Crippen molar-refractivity contribution in [1.82, 2.24) is 10.6 Å². The van der Waals surface area contributed by atoms with E-state index < -0.39 is 9.84 Å². The molecule has 1 aromatic carbocycles. The lowest BCUT2D eigenvalue weighted by molar-refractivity contribution is 0.0954. The van der Waals surface area contributed by atoms with Crippen molar-refractivity contribution >= 4 is 15.7 Å². The molecule has 0 fully saturated rings. The fourth-order valence-electron chi connectivity index (χ4n) is 1.53. The summed E-state index contributed by atoms with van der Waals surface area (Å²) in [5.41, 5.74) is 0.437. The molecule has 0 aromatic heterocycles. The zero-order valence-electron chi connectivity index (χ0n) is 11.7. The lowest BCUT2D eigenvalue weighted by Crippen LogP contribution is -2.30. The van der Waals surface area contributed by atoms with Crippen LogP contribution in [0.15, 0.2) is 29.2 Å². The number of sulfone groups is 1. The van der Waals surface area contributed by atoms with E-state index in [2.05, 4.69) is 10.6 Å². The van der Waals surface area contributed by atoms with E-state index in [1.165, 1.54) is 31.4 Å². The van der Waals surface area contributed by atoms with Gasteiger partial charge in [0.2, 0.25) is 0 Å². The Bertz CT molecular complexity index is 526. The van der Waals surface area contributed by atoms with Crippen LogP contribution in [0.2, 0.25) is 0 Å². The Morgan fingerprint density at radius 2 is 1.85 bits per heavy atom. The molecule has 1 amide bonds. The first-order valence-corrected chi connectivity index (χ1v) is 7.91. The monoisotopic (exact) mass is 300 g/mol. The first-order valence-electron chi connectivity index (χ1n) is 6.26. The summed E-state index contributed by atoms with van der Waals surface area (Å²) in [6.07, 6.45) is 0. The summed E-state index contributed by atoms with van der Waals surface area (Å²) in [6, 6.07) is 5.90. The zero-order valence-corrected chi connectivity index (χ0v) is 12.5. The summed E-state index contributed by atoms with van der Waals surface area (Å²) in [6.45, 7) is 1.34. The molecule has 7 heteroatoms. The minimum atomic E-state index is -3.35. The molecule has 6 nitrogen and oxygen atoms in total. The van der Waals surface area contributed by atoms with Gasteiger partial charge in [0.25, 0.3) is 5.91 Å². The number of hydrogen-bond acceptors (Lipinski definition) is 5. The Morgan fingerprint density at radius 3 is 2.40 bits per heavy atom. The third-order valence-electron chi connectivity index (χ3n) is 2.69. The van der Waals surface area contributed by atoms with Crippen molar-refractivity contribution in [2.45, 2.75) is 4.90 Å². The summed E-state index contributed by atoms with van der Waals surface area (Å²) < 4.78 is 28.6. The number of carbonyl (C=O) groups is 1. The number of methoxy groups -OCH3 is 1. The summed E-state index contributed by atoms with van der Waals surface area (Å²) in [7, 11) is -0.103. The molecule has 20 heavy (non-hydrogen) atoms. The minimum Gasteiger partial charge on any atom is -0.384 e. The topological polar surface area (TPSA) is 84.5 Å². The first-order chi connectivity index (χ1) is 9.51. The fourth-order valence-corrected chi connectivity index (χ4v) is 2.70. The molecule has 1 aromatic rings. The Hall–Kier alpha value is -1.44. The molecule has 112 valence electrons. The third-order valence-corrected chi connectivity index (χ3v) is 4.39. The summed E-state index contributed by atoms with van der Waals surface area (Å²) >= 11 is 0. The van der Waals surface area contributed by atoms with Crippen LogP contribution < -0.4 is 10.6 Å². The maximum Gasteiger partial charge on any atom is 0.251 e. The number of rotatable bonds is 8. The standard InChI is InChI=1S/C13H20N2O4S/c1-14-7-8-15-13(16)11-3-5-12(6-4-11)20(17,18)10-9-19-2/h3-6,14H,7-10H2,1-2H3,(H,15,16). The predicted octanol–water partition coefficient (Wildman–Crippen LogP) is 0.0559. The number of likely N-dealkylation sites (N-methyl/N-ethyl adjacent to an activating group) is 1. The highest BCUT2D eigenvalue weighted by molar-refractivity contribution is 7.91. The van der Waals surface area contributed by atoms with E-state index in [0.717, 1.165) is 0 Å². The average Bonchev–Trinajstić information content (AvgIpc) is 2.45. The van der Waals surface area contributed by atoms with Gasteiger partial charge in [-0.3, -0.25) is 4.79 Å². The fraction of sp³-hybridized carbons (Fsp3) is 0.462. The molecule has 0 radical (unpaired) electrons. The van der Waals surface area contributed by atoms with Gasteiger partial charge in [0.15, 0.2) is 9.84 Å². The normalized spacial score (nSPS) is 11.3. The van der Waals surface area contributed by atoms with Gasteiger partial charge in [-0.25, -0.2) is 8.42 Å². The summed E-state index contributed by atoms with van der Waals surface area (Å²) in [5.74, 6) is -0.293. The number of amides is 1. The number of benzene rings is 1. The van der Waals surface area contributed by atoms with Crippen LogP contribution in [-0.4, -0.2) is 53.9 Å². The zero-order chi connectivity index (χ0) is 15.0. The lowest BCUT2D eigenvalue weighted by Gasteiger charge is -2.07. The second-order valence-corrected chi connectivity index (χ2v) is 6.30. The largest absolute Gasteiger partial charge is 0.384 e. The van der Waals surface area contributed by atoms with E-state index in [1.54, 1.807) is 7.05 Å². The number of carbonyl (C=O) groups excluding carboxylic acids is 1. The maximum atomic E-state index is 11.9. The molecule has 0 aliphatic heterocycles. The SMILES string of the molecule is CNCCNC(=O)c1ccc(S(=O)(=O)CCOC)cc1. The van der Waals surface area contributed by atoms with E-state index in [-0.39, 0.29) is 23.2 Å². The molecule has 0 unspecified atom stereocenters.